The highest BCUT2D eigenvalue weighted by atomic mass is 32.2. The van der Waals surface area contributed by atoms with E-state index in [-0.39, 0.29) is 48.5 Å². The van der Waals surface area contributed by atoms with Crippen LogP contribution in [0.5, 0.6) is 5.75 Å². The molecule has 9 nitrogen and oxygen atoms in total. The number of amides is 1. The number of likely N-dealkylation sites (N-methyl/N-ethyl adjacent to an activating group) is 1. The number of piperazine rings is 1. The molecule has 5 rings (SSSR count). The standard InChI is InChI=1S/C36H47FN4O5S/c1-28-23-33(45-4)24-29(2)35(28)47(43,44)41(26-30-9-6-5-7-10-30)21-22-46-27-34(42)39-15-13-36(14-16-39,31-11-8-12-32(37)25-31)40-19-17-38(3)18-20-40/h5-12,23-25H,13-22,26-27H2,1-4H3. The topological polar surface area (TPSA) is 82.6 Å². The second-order valence-electron chi connectivity index (χ2n) is 12.7. The fraction of sp³-hybridized carbons (Fsp3) is 0.472. The molecule has 254 valence electrons. The number of methoxy groups -OCH3 is 1. The Balaban J connectivity index is 1.23. The van der Waals surface area contributed by atoms with Crippen LogP contribution >= 0.6 is 0 Å². The summed E-state index contributed by atoms with van der Waals surface area (Å²) in [5, 5.41) is 0. The first kappa shape index (κ1) is 35.0. The largest absolute Gasteiger partial charge is 0.497 e. The van der Waals surface area contributed by atoms with Crippen LogP contribution in [0.15, 0.2) is 71.6 Å². The first-order valence-electron chi connectivity index (χ1n) is 16.3. The molecule has 2 heterocycles. The third-order valence-electron chi connectivity index (χ3n) is 9.59. The number of likely N-dealkylation sites (tertiary alicyclic amines) is 1. The number of hydrogen-bond acceptors (Lipinski definition) is 7. The Kier molecular flexibility index (Phi) is 11.3. The molecule has 0 radical (unpaired) electrons. The van der Waals surface area contributed by atoms with E-state index in [2.05, 4.69) is 16.8 Å². The van der Waals surface area contributed by atoms with Gasteiger partial charge in [-0.25, -0.2) is 12.8 Å². The summed E-state index contributed by atoms with van der Waals surface area (Å²) in [6.45, 7) is 8.47. The van der Waals surface area contributed by atoms with Crippen molar-refractivity contribution < 1.29 is 27.1 Å². The lowest BCUT2D eigenvalue weighted by Gasteiger charge is -2.51. The molecule has 47 heavy (non-hydrogen) atoms. The lowest BCUT2D eigenvalue weighted by molar-refractivity contribution is -0.139. The van der Waals surface area contributed by atoms with Crippen LogP contribution in [0.2, 0.25) is 0 Å². The van der Waals surface area contributed by atoms with Crippen molar-refractivity contribution in [1.29, 1.82) is 0 Å². The predicted molar refractivity (Wildman–Crippen MR) is 180 cm³/mol. The molecule has 3 aromatic carbocycles. The summed E-state index contributed by atoms with van der Waals surface area (Å²) < 4.78 is 55.0. The van der Waals surface area contributed by atoms with Gasteiger partial charge in [0.2, 0.25) is 15.9 Å². The molecular formula is C36H47FN4O5S. The van der Waals surface area contributed by atoms with Crippen molar-refractivity contribution in [3.63, 3.8) is 0 Å². The second-order valence-corrected chi connectivity index (χ2v) is 14.6. The molecule has 0 bridgehead atoms. The smallest absolute Gasteiger partial charge is 0.248 e. The second kappa shape index (κ2) is 15.3. The number of piperidine rings is 1. The monoisotopic (exact) mass is 666 g/mol. The summed E-state index contributed by atoms with van der Waals surface area (Å²) in [6.07, 6.45) is 1.41. The minimum atomic E-state index is -3.90. The van der Waals surface area contributed by atoms with Gasteiger partial charge in [0.1, 0.15) is 18.2 Å². The van der Waals surface area contributed by atoms with E-state index >= 15 is 0 Å². The van der Waals surface area contributed by atoms with Gasteiger partial charge in [-0.05, 0) is 80.3 Å². The molecule has 0 unspecified atom stereocenters. The molecule has 2 aliphatic rings. The number of nitrogens with zero attached hydrogens (tertiary/aromatic N) is 4. The fourth-order valence-electron chi connectivity index (χ4n) is 6.98. The van der Waals surface area contributed by atoms with Crippen LogP contribution in [0, 0.1) is 19.7 Å². The lowest BCUT2D eigenvalue weighted by atomic mass is 9.78. The number of hydrogen-bond donors (Lipinski definition) is 0. The minimum absolute atomic E-state index is 0.0639. The Morgan fingerprint density at radius 3 is 2.19 bits per heavy atom. The fourth-order valence-corrected chi connectivity index (χ4v) is 8.80. The molecule has 2 fully saturated rings. The van der Waals surface area contributed by atoms with Crippen molar-refractivity contribution >= 4 is 15.9 Å². The number of benzene rings is 3. The van der Waals surface area contributed by atoms with Gasteiger partial charge in [-0.1, -0.05) is 42.5 Å². The summed E-state index contributed by atoms with van der Waals surface area (Å²) in [7, 11) is -0.223. The van der Waals surface area contributed by atoms with Crippen LogP contribution in [-0.2, 0) is 31.6 Å². The molecule has 0 aliphatic carbocycles. The third kappa shape index (κ3) is 8.04. The highest BCUT2D eigenvalue weighted by molar-refractivity contribution is 7.89. The Morgan fingerprint density at radius 1 is 0.915 bits per heavy atom. The zero-order valence-electron chi connectivity index (χ0n) is 28.0. The van der Waals surface area contributed by atoms with Crippen LogP contribution < -0.4 is 4.74 Å². The van der Waals surface area contributed by atoms with E-state index < -0.39 is 10.0 Å². The molecule has 1 amide bonds. The molecule has 3 aromatic rings. The molecule has 0 atom stereocenters. The number of halogens is 1. The van der Waals surface area contributed by atoms with E-state index in [4.69, 9.17) is 9.47 Å². The Labute approximate surface area is 278 Å². The van der Waals surface area contributed by atoms with Gasteiger partial charge in [-0.2, -0.15) is 4.31 Å². The molecule has 0 aromatic heterocycles. The number of aryl methyl sites for hydroxylation is 2. The zero-order valence-corrected chi connectivity index (χ0v) is 28.8. The summed E-state index contributed by atoms with van der Waals surface area (Å²) in [5.74, 6) is 0.226. The molecule has 0 spiro atoms. The number of rotatable bonds is 12. The summed E-state index contributed by atoms with van der Waals surface area (Å²) in [6, 6.07) is 19.8. The zero-order chi connectivity index (χ0) is 33.6. The maximum Gasteiger partial charge on any atom is 0.248 e. The van der Waals surface area contributed by atoms with Crippen molar-refractivity contribution in [2.24, 2.45) is 0 Å². The van der Waals surface area contributed by atoms with Gasteiger partial charge in [0.05, 0.1) is 18.6 Å². The maximum atomic E-state index is 14.4. The van der Waals surface area contributed by atoms with Crippen molar-refractivity contribution in [3.8, 4) is 5.75 Å². The molecule has 11 heteroatoms. The van der Waals surface area contributed by atoms with Crippen molar-refractivity contribution in [3.05, 3.63) is 94.8 Å². The van der Waals surface area contributed by atoms with Crippen LogP contribution in [0.1, 0.15) is 35.1 Å². The molecule has 0 saturated carbocycles. The molecular weight excluding hydrogens is 619 g/mol. The number of carbonyl (C=O) groups excluding carboxylic acids is 1. The average molecular weight is 667 g/mol. The Hall–Kier alpha value is -3.35. The van der Waals surface area contributed by atoms with Crippen LogP contribution in [0.25, 0.3) is 0 Å². The Bertz CT molecular complexity index is 1600. The first-order chi connectivity index (χ1) is 22.5. The van der Waals surface area contributed by atoms with Crippen molar-refractivity contribution in [2.45, 2.75) is 43.7 Å². The summed E-state index contributed by atoms with van der Waals surface area (Å²) in [5.41, 5.74) is 2.70. The van der Waals surface area contributed by atoms with E-state index in [0.717, 1.165) is 37.3 Å². The SMILES string of the molecule is COc1cc(C)c(S(=O)(=O)N(CCOCC(=O)N2CCC(c3cccc(F)c3)(N3CCN(C)CC3)CC2)Cc2ccccc2)c(C)c1. The highest BCUT2D eigenvalue weighted by Crippen LogP contribution is 2.40. The summed E-state index contributed by atoms with van der Waals surface area (Å²) >= 11 is 0. The lowest BCUT2D eigenvalue weighted by Crippen LogP contribution is -2.59. The van der Waals surface area contributed by atoms with Gasteiger partial charge in [0, 0.05) is 57.9 Å². The maximum absolute atomic E-state index is 14.4. The van der Waals surface area contributed by atoms with Gasteiger partial charge in [0.15, 0.2) is 0 Å². The number of ether oxygens (including phenoxy) is 2. The van der Waals surface area contributed by atoms with Crippen molar-refractivity contribution in [2.75, 3.05) is 73.2 Å². The third-order valence-corrected chi connectivity index (χ3v) is 11.7. The molecule has 0 N–H and O–H groups in total. The van der Waals surface area contributed by atoms with Gasteiger partial charge in [-0.3, -0.25) is 9.69 Å². The van der Waals surface area contributed by atoms with Gasteiger partial charge in [-0.15, -0.1) is 0 Å². The van der Waals surface area contributed by atoms with E-state index in [0.29, 0.717) is 42.8 Å². The quantitative estimate of drug-likeness (QED) is 0.265. The Morgan fingerprint density at radius 2 is 1.57 bits per heavy atom. The van der Waals surface area contributed by atoms with Gasteiger partial charge in [0.25, 0.3) is 0 Å². The van der Waals surface area contributed by atoms with Crippen LogP contribution in [0.3, 0.4) is 0 Å². The normalized spacial score (nSPS) is 17.6. The van der Waals surface area contributed by atoms with Gasteiger partial charge >= 0.3 is 0 Å². The van der Waals surface area contributed by atoms with Crippen LogP contribution in [-0.4, -0.2) is 107 Å². The first-order valence-corrected chi connectivity index (χ1v) is 17.7. The average Bonchev–Trinajstić information content (AvgIpc) is 3.06. The highest BCUT2D eigenvalue weighted by Gasteiger charge is 2.43. The van der Waals surface area contributed by atoms with E-state index in [9.17, 15) is 17.6 Å². The number of carbonyl (C=O) groups is 1. The van der Waals surface area contributed by atoms with E-state index in [1.807, 2.05) is 41.3 Å². The minimum Gasteiger partial charge on any atom is -0.497 e. The van der Waals surface area contributed by atoms with Crippen molar-refractivity contribution in [1.82, 2.24) is 19.0 Å². The number of sulfonamides is 1. The van der Waals surface area contributed by atoms with Gasteiger partial charge < -0.3 is 19.3 Å². The summed E-state index contributed by atoms with van der Waals surface area (Å²) in [4.78, 5) is 20.1. The molecule has 2 saturated heterocycles. The predicted octanol–water partition coefficient (Wildman–Crippen LogP) is 4.42. The molecule has 2 aliphatic heterocycles. The van der Waals surface area contributed by atoms with E-state index in [1.54, 1.807) is 45.2 Å². The van der Waals surface area contributed by atoms with E-state index in [1.165, 1.54) is 10.4 Å². The van der Waals surface area contributed by atoms with Crippen LogP contribution in [0.4, 0.5) is 4.39 Å².